The molecule has 0 saturated carbocycles. The quantitative estimate of drug-likeness (QED) is 0.0164. The van der Waals surface area contributed by atoms with E-state index in [0.29, 0.717) is 51.4 Å². The number of unbranched alkanes of at least 4 members (excludes halogenated alkanes) is 17. The number of aromatic amines is 1. The lowest BCUT2D eigenvalue weighted by Gasteiger charge is -2.32. The third kappa shape index (κ3) is 48.0. The molecule has 2 saturated heterocycles. The smallest absolute Gasteiger partial charge is 0.305 e. The molecule has 2 fully saturated rings. The van der Waals surface area contributed by atoms with Gasteiger partial charge in [-0.15, -0.1) is 0 Å². The van der Waals surface area contributed by atoms with Crippen molar-refractivity contribution in [2.24, 2.45) is 45.9 Å². The highest BCUT2D eigenvalue weighted by Crippen LogP contribution is 2.25. The molecule has 0 spiro atoms. The van der Waals surface area contributed by atoms with Gasteiger partial charge in [-0.05, 0) is 225 Å². The maximum Gasteiger partial charge on any atom is 0.305 e. The van der Waals surface area contributed by atoms with E-state index in [1.807, 2.05) is 0 Å². The first-order chi connectivity index (χ1) is 70.1. The summed E-state index contributed by atoms with van der Waals surface area (Å²) >= 11 is 9.53. The van der Waals surface area contributed by atoms with E-state index in [1.165, 1.54) is 61.8 Å². The number of aliphatic hydroxyl groups excluding tert-OH is 4. The van der Waals surface area contributed by atoms with Crippen LogP contribution in [0.3, 0.4) is 0 Å². The van der Waals surface area contributed by atoms with Crippen LogP contribution in [0.15, 0.2) is 18.3 Å². The van der Waals surface area contributed by atoms with E-state index in [-0.39, 0.29) is 197 Å². The summed E-state index contributed by atoms with van der Waals surface area (Å²) in [5, 5.41) is 86.9. The van der Waals surface area contributed by atoms with Crippen molar-refractivity contribution in [3.05, 3.63) is 23.0 Å². The van der Waals surface area contributed by atoms with E-state index in [9.17, 15) is 117 Å². The fraction of sp³-hybridized carbons (Fsp3) is 0.745. The number of hydrogen-bond acceptors (Lipinski definition) is 32. The average molecular weight is 2110 g/mol. The number of amides is 18. The molecular weight excluding hydrogens is 1940 g/mol. The van der Waals surface area contributed by atoms with E-state index in [4.69, 9.17) is 58.1 Å². The predicted octanol–water partition coefficient (Wildman–Crippen LogP) is -6.06. The predicted molar refractivity (Wildman–Crippen MR) is 547 cm³/mol. The van der Waals surface area contributed by atoms with E-state index in [0.717, 1.165) is 35.5 Å². The fourth-order valence-electron chi connectivity index (χ4n) is 16.7. The first-order valence-corrected chi connectivity index (χ1v) is 52.4. The maximum absolute atomic E-state index is 14.9. The number of anilines is 1. The summed E-state index contributed by atoms with van der Waals surface area (Å²) < 4.78 is -0.0446. The Hall–Kier alpha value is -10.8. The van der Waals surface area contributed by atoms with Crippen LogP contribution >= 0.6 is 24.8 Å². The van der Waals surface area contributed by atoms with Gasteiger partial charge in [-0.25, -0.2) is 0 Å². The minimum Gasteiger partial charge on any atom is -0.481 e. The number of rotatable bonds is 80. The number of aliphatic hydroxyl groups is 4. The molecule has 18 amide bonds. The Balaban J connectivity index is 1.84. The van der Waals surface area contributed by atoms with Crippen LogP contribution in [0.1, 0.15) is 251 Å². The van der Waals surface area contributed by atoms with Crippen LogP contribution in [0, 0.1) is 4.64 Å². The van der Waals surface area contributed by atoms with E-state index < -0.39 is 249 Å². The number of aliphatic carboxylic acids is 1. The van der Waals surface area contributed by atoms with Gasteiger partial charge in [0.25, 0.3) is 5.91 Å². The lowest BCUT2D eigenvalue weighted by Crippen LogP contribution is -2.61. The molecule has 1 aromatic rings. The Bertz CT molecular complexity index is 4300. The summed E-state index contributed by atoms with van der Waals surface area (Å²) in [6.07, 6.45) is 16.5. The summed E-state index contributed by atoms with van der Waals surface area (Å²) in [5.41, 5.74) is 46.7. The minimum atomic E-state index is -1.85. The third-order valence-electron chi connectivity index (χ3n) is 25.0. The number of carbonyl (C=O) groups excluding carboxylic acids is 18. The molecule has 0 radical (unpaired) electrons. The second-order valence-corrected chi connectivity index (χ2v) is 37.3. The Morgan fingerprint density at radius 1 is 0.390 bits per heavy atom. The first kappa shape index (κ1) is 129. The van der Waals surface area contributed by atoms with Gasteiger partial charge < -0.3 is 161 Å². The van der Waals surface area contributed by atoms with E-state index >= 15 is 0 Å². The van der Waals surface area contributed by atoms with Crippen LogP contribution in [0.2, 0.25) is 0 Å². The number of thiol groups is 1. The van der Waals surface area contributed by atoms with Crippen molar-refractivity contribution in [1.82, 2.24) is 89.2 Å². The largest absolute Gasteiger partial charge is 0.481 e. The molecule has 52 heteroatoms. The van der Waals surface area contributed by atoms with Gasteiger partial charge in [-0.1, -0.05) is 83.3 Å². The minimum absolute atomic E-state index is 0.00372. The highest BCUT2D eigenvalue weighted by molar-refractivity contribution is 7.80. The van der Waals surface area contributed by atoms with Gasteiger partial charge in [0.05, 0.1) is 51.6 Å². The normalized spacial score (nSPS) is 16.0. The fourth-order valence-corrected chi connectivity index (χ4v) is 17.3. The van der Waals surface area contributed by atoms with Gasteiger partial charge in [0.2, 0.25) is 100 Å². The third-order valence-corrected chi connectivity index (χ3v) is 25.6. The number of H-pyrrole nitrogens is 1. The highest BCUT2D eigenvalue weighted by atomic mass is 32.1. The van der Waals surface area contributed by atoms with Gasteiger partial charge in [0.15, 0.2) is 0 Å². The van der Waals surface area contributed by atoms with Crippen LogP contribution in [-0.2, 0) is 91.1 Å². The summed E-state index contributed by atoms with van der Waals surface area (Å²) in [4.78, 5) is 271. The number of aromatic nitrogens is 1. The SMILES string of the molecule is CCCCCCCCCCCCCC(=O)NCC(=O)NC(CO)C(=O)NC(CO)C(=O)NC(CCCCN)C(=O)NC(CO)C(=O)N1CCCC1C(=O)NC(CO)C(=O)NC(CCCCN)C(=O)NC(CCCCN)C(=O)NC(CCCCN)C(=O)NC(CCCCN)C(=O)NC(CCCCN)C(=O)NC(CCCCN)C(=O)N1CCCC1C(=O)NCC(=O)NC(CC(=O)O)C(=O)N(c1ccc[nH]c1=S)[C@H](CS)C(N)=O. The van der Waals surface area contributed by atoms with Crippen molar-refractivity contribution < 1.29 is 117 Å². The molecule has 1 aromatic heterocycles. The number of nitrogens with one attached hydrogen (secondary N) is 15. The summed E-state index contributed by atoms with van der Waals surface area (Å²) in [6.45, 7) is -2.38. The van der Waals surface area contributed by atoms with Crippen molar-refractivity contribution in [2.45, 2.75) is 342 Å². The highest BCUT2D eigenvalue weighted by Gasteiger charge is 2.44. The van der Waals surface area contributed by atoms with Gasteiger partial charge in [0, 0.05) is 31.5 Å². The Kier molecular flexibility index (Phi) is 66.4. The maximum atomic E-state index is 14.9. The number of carboxylic acids is 1. The molecule has 0 aliphatic carbocycles. The number of nitrogens with zero attached hydrogens (tertiary/aromatic N) is 3. The van der Waals surface area contributed by atoms with Crippen molar-refractivity contribution in [3.63, 3.8) is 0 Å². The molecular formula is C94H166N26O24S2. The first-order valence-electron chi connectivity index (χ1n) is 51.3. The molecule has 3 rings (SSSR count). The Morgan fingerprint density at radius 2 is 0.699 bits per heavy atom. The summed E-state index contributed by atoms with van der Waals surface area (Å²) in [6, 6.07) is -20.3. The van der Waals surface area contributed by atoms with E-state index in [2.05, 4.69) is 99.0 Å². The molecule has 146 heavy (non-hydrogen) atoms. The molecule has 0 aromatic carbocycles. The van der Waals surface area contributed by atoms with Gasteiger partial charge in [-0.3, -0.25) is 96.0 Å². The molecule has 828 valence electrons. The van der Waals surface area contributed by atoms with Crippen LogP contribution in [-0.4, -0.2) is 347 Å². The molecule has 2 aliphatic rings. The zero-order chi connectivity index (χ0) is 108. The number of primary amides is 1. The number of carboxylic acid groups (broad SMARTS) is 1. The van der Waals surface area contributed by atoms with Crippen molar-refractivity contribution in [3.8, 4) is 0 Å². The van der Waals surface area contributed by atoms with Gasteiger partial charge >= 0.3 is 5.97 Å². The van der Waals surface area contributed by atoms with Crippen LogP contribution in [0.25, 0.3) is 0 Å². The van der Waals surface area contributed by atoms with Crippen molar-refractivity contribution >= 4 is 143 Å². The standard InChI is InChI=1S/C94H166N26O24S2/c1-2-3-4-5-6-7-8-9-10-11-12-40-75(125)104-52-76(126)107-67(54-121)86(137)115-68(55-122)87(138)113-64(35-18-25-46-100)85(136)117-70(57-124)93(143)119-50-29-39-72(119)90(141)116-69(56-123)88(139)112-62(33-16-23-44-98)83(134)110-60(31-14-21-42-96)81(132)108-59(30-13-20-41-95)80(131)109-61(32-15-22-43-97)82(133)111-63(34-17-24-45-99)84(135)114-65(36-19-26-47-101)92(142)118-49-28-38-71(118)89(140)105-53-77(127)106-66(51-78(128)129)94(144)120(74(58-145)79(102)130)73-37-27-48-103-91(73)146/h27,37,48,59-72,74,121-124,145H,2-26,28-36,38-47,49-58,95-101H2,1H3,(H2,102,130)(H,103,146)(H,104,125)(H,105,140)(H,106,127)(H,107,126)(H,108,132)(H,109,131)(H,110,134)(H,111,133)(H,112,139)(H,113,138)(H,114,135)(H,115,137)(H,116,141)(H,117,136)(H,128,129)/t59?,60?,61?,62?,63?,64?,65?,66?,67?,68?,69?,70?,71?,72?,74-/m1/s1. The van der Waals surface area contributed by atoms with Crippen molar-refractivity contribution in [2.75, 3.05) is 109 Å². The van der Waals surface area contributed by atoms with Gasteiger partial charge in [0.1, 0.15) is 95.3 Å². The monoisotopic (exact) mass is 2110 g/mol. The Labute approximate surface area is 863 Å². The molecule has 50 nitrogen and oxygen atoms in total. The molecule has 2 aliphatic heterocycles. The molecule has 14 unspecified atom stereocenters. The zero-order valence-electron chi connectivity index (χ0n) is 84.4. The number of nitrogens with two attached hydrogens (primary N) is 8. The van der Waals surface area contributed by atoms with E-state index in [1.54, 1.807) is 0 Å². The van der Waals surface area contributed by atoms with Crippen LogP contribution < -0.4 is 125 Å². The van der Waals surface area contributed by atoms with Crippen LogP contribution in [0.4, 0.5) is 5.69 Å². The summed E-state index contributed by atoms with van der Waals surface area (Å²) in [5.74, 6) is -18.7. The van der Waals surface area contributed by atoms with Crippen LogP contribution in [0.5, 0.6) is 0 Å². The second-order valence-electron chi connectivity index (χ2n) is 36.5. The van der Waals surface area contributed by atoms with Crippen molar-refractivity contribution in [1.29, 1.82) is 0 Å². The van der Waals surface area contributed by atoms with Gasteiger partial charge in [-0.2, -0.15) is 12.6 Å². The molecule has 36 N–H and O–H groups in total. The number of pyridine rings is 1. The lowest BCUT2D eigenvalue weighted by molar-refractivity contribution is -0.143. The average Bonchev–Trinajstić information content (AvgIpc) is 1.73. The number of hydrogen-bond donors (Lipinski definition) is 29. The second kappa shape index (κ2) is 75.0. The summed E-state index contributed by atoms with van der Waals surface area (Å²) in [7, 11) is 0. The number of carbonyl (C=O) groups is 19. The lowest BCUT2D eigenvalue weighted by atomic mass is 10.0. The Morgan fingerprint density at radius 3 is 1.05 bits per heavy atom. The molecule has 0 bridgehead atoms. The molecule has 15 atom stereocenters. The zero-order valence-corrected chi connectivity index (χ0v) is 86.1. The number of likely N-dealkylation sites (tertiary alicyclic amines) is 2. The molecule has 3 heterocycles. The topological polar surface area (TPSA) is 828 Å².